The van der Waals surface area contributed by atoms with Crippen LogP contribution < -0.4 is 4.72 Å². The van der Waals surface area contributed by atoms with Crippen LogP contribution in [0.4, 0.5) is 4.39 Å². The quantitative estimate of drug-likeness (QED) is 0.676. The van der Waals surface area contributed by atoms with E-state index in [9.17, 15) is 12.8 Å². The standard InChI is InChI=1S/C20H25BrFN3O2S/c1-2-24-9-11-25(12-10-24)15-17-6-4-3-5-16(17)14-23-28(26,27)20-13-18(21)7-8-19(20)22/h3-8,13,23H,2,9-12,14-15H2,1H3. The molecule has 0 radical (unpaired) electrons. The van der Waals surface area contributed by atoms with Gasteiger partial charge in [-0.2, -0.15) is 0 Å². The van der Waals surface area contributed by atoms with Crippen molar-refractivity contribution in [2.45, 2.75) is 24.9 Å². The highest BCUT2D eigenvalue weighted by molar-refractivity contribution is 9.10. The van der Waals surface area contributed by atoms with E-state index in [0.717, 1.165) is 56.5 Å². The van der Waals surface area contributed by atoms with Crippen molar-refractivity contribution >= 4 is 26.0 Å². The maximum Gasteiger partial charge on any atom is 0.243 e. The average molecular weight is 470 g/mol. The lowest BCUT2D eigenvalue weighted by atomic mass is 10.1. The number of hydrogen-bond donors (Lipinski definition) is 1. The molecule has 0 bridgehead atoms. The van der Waals surface area contributed by atoms with Crippen molar-refractivity contribution in [3.63, 3.8) is 0 Å². The third-order valence-corrected chi connectivity index (χ3v) is 6.97. The maximum atomic E-state index is 14.0. The molecule has 0 amide bonds. The molecule has 1 heterocycles. The molecule has 0 aliphatic carbocycles. The van der Waals surface area contributed by atoms with Crippen molar-refractivity contribution in [1.29, 1.82) is 0 Å². The highest BCUT2D eigenvalue weighted by Gasteiger charge is 2.21. The molecule has 1 aliphatic rings. The zero-order valence-corrected chi connectivity index (χ0v) is 18.3. The number of sulfonamides is 1. The lowest BCUT2D eigenvalue weighted by molar-refractivity contribution is 0.131. The molecule has 28 heavy (non-hydrogen) atoms. The Hall–Kier alpha value is -1.32. The molecule has 2 aromatic carbocycles. The Morgan fingerprint density at radius 3 is 2.36 bits per heavy atom. The molecule has 0 atom stereocenters. The van der Waals surface area contributed by atoms with Crippen LogP contribution in [0, 0.1) is 5.82 Å². The summed E-state index contributed by atoms with van der Waals surface area (Å²) in [4.78, 5) is 4.45. The van der Waals surface area contributed by atoms with Crippen LogP contribution in [-0.4, -0.2) is 50.9 Å². The summed E-state index contributed by atoms with van der Waals surface area (Å²) in [7, 11) is -3.95. The minimum atomic E-state index is -3.95. The highest BCUT2D eigenvalue weighted by atomic mass is 79.9. The Bertz CT molecular complexity index is 915. The van der Waals surface area contributed by atoms with E-state index in [0.29, 0.717) is 4.47 Å². The van der Waals surface area contributed by atoms with E-state index in [1.165, 1.54) is 12.1 Å². The Morgan fingerprint density at radius 2 is 1.68 bits per heavy atom. The van der Waals surface area contributed by atoms with Gasteiger partial charge in [-0.05, 0) is 35.9 Å². The predicted molar refractivity (Wildman–Crippen MR) is 112 cm³/mol. The van der Waals surface area contributed by atoms with Crippen LogP contribution in [0.2, 0.25) is 0 Å². The Balaban J connectivity index is 1.69. The van der Waals surface area contributed by atoms with E-state index in [1.54, 1.807) is 0 Å². The van der Waals surface area contributed by atoms with Gasteiger partial charge in [-0.1, -0.05) is 47.1 Å². The summed E-state index contributed by atoms with van der Waals surface area (Å²) in [6.07, 6.45) is 0. The molecule has 3 rings (SSSR count). The number of piperazine rings is 1. The molecule has 0 saturated carbocycles. The van der Waals surface area contributed by atoms with Gasteiger partial charge in [0.05, 0.1) is 0 Å². The van der Waals surface area contributed by atoms with Gasteiger partial charge in [0.15, 0.2) is 0 Å². The van der Waals surface area contributed by atoms with Crippen LogP contribution in [0.25, 0.3) is 0 Å². The number of nitrogens with one attached hydrogen (secondary N) is 1. The SMILES string of the molecule is CCN1CCN(Cc2ccccc2CNS(=O)(=O)c2cc(Br)ccc2F)CC1. The molecule has 0 spiro atoms. The summed E-state index contributed by atoms with van der Waals surface area (Å²) >= 11 is 3.19. The first-order valence-corrected chi connectivity index (χ1v) is 11.6. The van der Waals surface area contributed by atoms with Crippen LogP contribution in [-0.2, 0) is 23.1 Å². The van der Waals surface area contributed by atoms with Gasteiger partial charge in [-0.3, -0.25) is 4.90 Å². The van der Waals surface area contributed by atoms with Gasteiger partial charge in [-0.15, -0.1) is 0 Å². The van der Waals surface area contributed by atoms with Crippen molar-refractivity contribution in [1.82, 2.24) is 14.5 Å². The van der Waals surface area contributed by atoms with Gasteiger partial charge >= 0.3 is 0 Å². The molecule has 5 nitrogen and oxygen atoms in total. The smallest absolute Gasteiger partial charge is 0.243 e. The average Bonchev–Trinajstić information content (AvgIpc) is 2.70. The molecule has 0 unspecified atom stereocenters. The lowest BCUT2D eigenvalue weighted by Gasteiger charge is -2.34. The molecule has 1 N–H and O–H groups in total. The minimum absolute atomic E-state index is 0.124. The zero-order valence-electron chi connectivity index (χ0n) is 15.9. The third-order valence-electron chi connectivity index (χ3n) is 5.06. The summed E-state index contributed by atoms with van der Waals surface area (Å²) in [5, 5.41) is 0. The summed E-state index contributed by atoms with van der Waals surface area (Å²) in [6, 6.07) is 11.7. The second-order valence-electron chi connectivity index (χ2n) is 6.88. The first kappa shape index (κ1) is 21.4. The van der Waals surface area contributed by atoms with E-state index in [1.807, 2.05) is 24.3 Å². The van der Waals surface area contributed by atoms with E-state index in [4.69, 9.17) is 0 Å². The molecule has 1 aliphatic heterocycles. The predicted octanol–water partition coefficient (Wildman–Crippen LogP) is 3.20. The second kappa shape index (κ2) is 9.45. The molecular weight excluding hydrogens is 445 g/mol. The normalized spacial score (nSPS) is 16.4. The molecule has 1 saturated heterocycles. The number of rotatable bonds is 7. The van der Waals surface area contributed by atoms with Crippen molar-refractivity contribution < 1.29 is 12.8 Å². The Labute approximate surface area is 174 Å². The Kier molecular flexibility index (Phi) is 7.22. The van der Waals surface area contributed by atoms with Gasteiger partial charge in [0.1, 0.15) is 10.7 Å². The zero-order chi connectivity index (χ0) is 20.1. The van der Waals surface area contributed by atoms with Crippen LogP contribution >= 0.6 is 15.9 Å². The molecular formula is C20H25BrFN3O2S. The van der Waals surface area contributed by atoms with Crippen LogP contribution in [0.5, 0.6) is 0 Å². The van der Waals surface area contributed by atoms with E-state index in [-0.39, 0.29) is 11.4 Å². The van der Waals surface area contributed by atoms with Crippen LogP contribution in [0.15, 0.2) is 51.8 Å². The van der Waals surface area contributed by atoms with Gasteiger partial charge in [-0.25, -0.2) is 17.5 Å². The van der Waals surface area contributed by atoms with Gasteiger partial charge in [0.25, 0.3) is 0 Å². The van der Waals surface area contributed by atoms with E-state index in [2.05, 4.69) is 37.4 Å². The van der Waals surface area contributed by atoms with Crippen LogP contribution in [0.1, 0.15) is 18.1 Å². The number of likely N-dealkylation sites (N-methyl/N-ethyl adjacent to an activating group) is 1. The first-order chi connectivity index (χ1) is 13.4. The highest BCUT2D eigenvalue weighted by Crippen LogP contribution is 2.21. The topological polar surface area (TPSA) is 52.6 Å². The lowest BCUT2D eigenvalue weighted by Crippen LogP contribution is -2.45. The van der Waals surface area contributed by atoms with Crippen molar-refractivity contribution in [2.24, 2.45) is 0 Å². The number of nitrogens with zero attached hydrogens (tertiary/aromatic N) is 2. The monoisotopic (exact) mass is 469 g/mol. The fourth-order valence-corrected chi connectivity index (χ4v) is 4.94. The van der Waals surface area contributed by atoms with E-state index >= 15 is 0 Å². The summed E-state index contributed by atoms with van der Waals surface area (Å²) < 4.78 is 42.2. The maximum absolute atomic E-state index is 14.0. The van der Waals surface area contributed by atoms with Gasteiger partial charge < -0.3 is 4.90 Å². The summed E-state index contributed by atoms with van der Waals surface area (Å²) in [5.74, 6) is -0.766. The summed E-state index contributed by atoms with van der Waals surface area (Å²) in [6.45, 7) is 8.23. The van der Waals surface area contributed by atoms with Crippen LogP contribution in [0.3, 0.4) is 0 Å². The molecule has 1 fully saturated rings. The molecule has 152 valence electrons. The second-order valence-corrected chi connectivity index (χ2v) is 9.53. The largest absolute Gasteiger partial charge is 0.301 e. The Morgan fingerprint density at radius 1 is 1.04 bits per heavy atom. The van der Waals surface area contributed by atoms with E-state index < -0.39 is 15.8 Å². The summed E-state index contributed by atoms with van der Waals surface area (Å²) in [5.41, 5.74) is 1.99. The molecule has 2 aromatic rings. The first-order valence-electron chi connectivity index (χ1n) is 9.35. The van der Waals surface area contributed by atoms with Gasteiger partial charge in [0, 0.05) is 43.7 Å². The number of benzene rings is 2. The fraction of sp³-hybridized carbons (Fsp3) is 0.400. The minimum Gasteiger partial charge on any atom is -0.301 e. The van der Waals surface area contributed by atoms with Crippen molar-refractivity contribution in [3.8, 4) is 0 Å². The number of halogens is 2. The fourth-order valence-electron chi connectivity index (χ4n) is 3.32. The van der Waals surface area contributed by atoms with Gasteiger partial charge in [0.2, 0.25) is 10.0 Å². The molecule has 0 aromatic heterocycles. The van der Waals surface area contributed by atoms with Crippen molar-refractivity contribution in [3.05, 3.63) is 63.9 Å². The third kappa shape index (κ3) is 5.39. The van der Waals surface area contributed by atoms with Crippen molar-refractivity contribution in [2.75, 3.05) is 32.7 Å². The molecule has 8 heteroatoms. The number of hydrogen-bond acceptors (Lipinski definition) is 4.